The maximum atomic E-state index is 11.8. The van der Waals surface area contributed by atoms with E-state index in [1.807, 2.05) is 13.0 Å². The SMILES string of the molecule is Cc1cncc(C(=O)NCC2(N)CCC2)c1. The molecule has 1 heterocycles. The van der Waals surface area contributed by atoms with Crippen LogP contribution in [-0.2, 0) is 0 Å². The fourth-order valence-electron chi connectivity index (χ4n) is 1.85. The number of nitrogens with one attached hydrogen (secondary N) is 1. The number of pyridine rings is 1. The van der Waals surface area contributed by atoms with Crippen LogP contribution in [0.3, 0.4) is 0 Å². The number of nitrogens with two attached hydrogens (primary N) is 1. The Morgan fingerprint density at radius 2 is 2.31 bits per heavy atom. The topological polar surface area (TPSA) is 68.0 Å². The first-order valence-electron chi connectivity index (χ1n) is 5.58. The Morgan fingerprint density at radius 3 is 2.88 bits per heavy atom. The van der Waals surface area contributed by atoms with Crippen LogP contribution in [0.1, 0.15) is 35.2 Å². The highest BCUT2D eigenvalue weighted by molar-refractivity contribution is 5.94. The lowest BCUT2D eigenvalue weighted by atomic mass is 9.78. The molecule has 0 bridgehead atoms. The van der Waals surface area contributed by atoms with E-state index in [0.29, 0.717) is 12.1 Å². The molecule has 1 aromatic heterocycles. The Kier molecular flexibility index (Phi) is 2.92. The molecule has 0 aromatic carbocycles. The lowest BCUT2D eigenvalue weighted by molar-refractivity contribution is 0.0929. The summed E-state index contributed by atoms with van der Waals surface area (Å²) in [5.74, 6) is -0.0899. The minimum absolute atomic E-state index is 0.0899. The van der Waals surface area contributed by atoms with Crippen LogP contribution in [0.15, 0.2) is 18.5 Å². The standard InChI is InChI=1S/C12H17N3O/c1-9-5-10(7-14-6-9)11(16)15-8-12(13)3-2-4-12/h5-7H,2-4,8,13H2,1H3,(H,15,16). The van der Waals surface area contributed by atoms with Gasteiger partial charge in [-0.25, -0.2) is 0 Å². The molecule has 3 N–H and O–H groups in total. The third-order valence-electron chi connectivity index (χ3n) is 3.09. The molecule has 86 valence electrons. The molecule has 1 aliphatic carbocycles. The molecule has 1 saturated carbocycles. The Labute approximate surface area is 95.3 Å². The minimum atomic E-state index is -0.174. The summed E-state index contributed by atoms with van der Waals surface area (Å²) in [5, 5.41) is 2.86. The van der Waals surface area contributed by atoms with Gasteiger partial charge in [-0.1, -0.05) is 0 Å². The molecule has 1 fully saturated rings. The van der Waals surface area contributed by atoms with Crippen LogP contribution in [0.5, 0.6) is 0 Å². The van der Waals surface area contributed by atoms with Gasteiger partial charge in [-0.05, 0) is 37.8 Å². The van der Waals surface area contributed by atoms with Crippen molar-refractivity contribution >= 4 is 5.91 Å². The summed E-state index contributed by atoms with van der Waals surface area (Å²) in [5.41, 5.74) is 7.44. The zero-order valence-corrected chi connectivity index (χ0v) is 9.49. The number of rotatable bonds is 3. The van der Waals surface area contributed by atoms with Gasteiger partial charge in [0.25, 0.3) is 5.91 Å². The van der Waals surface area contributed by atoms with E-state index in [1.54, 1.807) is 12.4 Å². The minimum Gasteiger partial charge on any atom is -0.350 e. The van der Waals surface area contributed by atoms with E-state index in [0.717, 1.165) is 18.4 Å². The van der Waals surface area contributed by atoms with E-state index in [-0.39, 0.29) is 11.4 Å². The second kappa shape index (κ2) is 4.22. The molecule has 0 unspecified atom stereocenters. The van der Waals surface area contributed by atoms with Gasteiger partial charge in [0.2, 0.25) is 0 Å². The molecule has 0 saturated heterocycles. The largest absolute Gasteiger partial charge is 0.350 e. The second-order valence-electron chi connectivity index (χ2n) is 4.65. The Balaban J connectivity index is 1.93. The summed E-state index contributed by atoms with van der Waals surface area (Å²) in [6.07, 6.45) is 6.47. The van der Waals surface area contributed by atoms with Gasteiger partial charge in [0.15, 0.2) is 0 Å². The van der Waals surface area contributed by atoms with Crippen molar-refractivity contribution in [1.29, 1.82) is 0 Å². The summed E-state index contributed by atoms with van der Waals surface area (Å²) < 4.78 is 0. The number of carbonyl (C=O) groups is 1. The number of nitrogens with zero attached hydrogens (tertiary/aromatic N) is 1. The molecule has 1 aliphatic rings. The van der Waals surface area contributed by atoms with Gasteiger partial charge >= 0.3 is 0 Å². The molecule has 1 amide bonds. The van der Waals surface area contributed by atoms with Crippen LogP contribution in [0.2, 0.25) is 0 Å². The number of hydrogen-bond donors (Lipinski definition) is 2. The van der Waals surface area contributed by atoms with Crippen molar-refractivity contribution in [1.82, 2.24) is 10.3 Å². The molecule has 1 aromatic rings. The molecule has 2 rings (SSSR count). The van der Waals surface area contributed by atoms with Crippen LogP contribution < -0.4 is 11.1 Å². The maximum Gasteiger partial charge on any atom is 0.252 e. The van der Waals surface area contributed by atoms with Gasteiger partial charge in [-0.3, -0.25) is 9.78 Å². The summed E-state index contributed by atoms with van der Waals surface area (Å²) in [6.45, 7) is 2.47. The van der Waals surface area contributed by atoms with E-state index < -0.39 is 0 Å². The van der Waals surface area contributed by atoms with Crippen molar-refractivity contribution < 1.29 is 4.79 Å². The number of aryl methyl sites for hydroxylation is 1. The van der Waals surface area contributed by atoms with E-state index in [2.05, 4.69) is 10.3 Å². The number of hydrogen-bond acceptors (Lipinski definition) is 3. The van der Waals surface area contributed by atoms with Crippen molar-refractivity contribution in [2.45, 2.75) is 31.7 Å². The zero-order chi connectivity index (χ0) is 11.6. The van der Waals surface area contributed by atoms with Crippen molar-refractivity contribution in [3.05, 3.63) is 29.6 Å². The van der Waals surface area contributed by atoms with Crippen molar-refractivity contribution in [2.75, 3.05) is 6.54 Å². The molecule has 0 radical (unpaired) electrons. The molecule has 0 atom stereocenters. The maximum absolute atomic E-state index is 11.8. The highest BCUT2D eigenvalue weighted by atomic mass is 16.1. The van der Waals surface area contributed by atoms with Gasteiger partial charge < -0.3 is 11.1 Å². The van der Waals surface area contributed by atoms with E-state index in [9.17, 15) is 4.79 Å². The average Bonchev–Trinajstić information content (AvgIpc) is 2.23. The first-order chi connectivity index (χ1) is 7.59. The zero-order valence-electron chi connectivity index (χ0n) is 9.49. The summed E-state index contributed by atoms with van der Waals surface area (Å²) in [6, 6.07) is 1.83. The van der Waals surface area contributed by atoms with Gasteiger partial charge in [-0.15, -0.1) is 0 Å². The van der Waals surface area contributed by atoms with Gasteiger partial charge in [-0.2, -0.15) is 0 Å². The van der Waals surface area contributed by atoms with E-state index in [1.165, 1.54) is 6.42 Å². The first-order valence-corrected chi connectivity index (χ1v) is 5.58. The molecule has 0 spiro atoms. The van der Waals surface area contributed by atoms with Crippen LogP contribution in [0.4, 0.5) is 0 Å². The molecule has 0 aliphatic heterocycles. The number of carbonyl (C=O) groups excluding carboxylic acids is 1. The number of amides is 1. The van der Waals surface area contributed by atoms with Crippen LogP contribution in [0.25, 0.3) is 0 Å². The van der Waals surface area contributed by atoms with Crippen molar-refractivity contribution in [3.63, 3.8) is 0 Å². The summed E-state index contributed by atoms with van der Waals surface area (Å²) in [7, 11) is 0. The highest BCUT2D eigenvalue weighted by Crippen LogP contribution is 2.28. The fourth-order valence-corrected chi connectivity index (χ4v) is 1.85. The molecule has 16 heavy (non-hydrogen) atoms. The third kappa shape index (κ3) is 2.39. The predicted octanol–water partition coefficient (Wildman–Crippen LogP) is 1.00. The molecule has 4 heteroatoms. The highest BCUT2D eigenvalue weighted by Gasteiger charge is 2.32. The molecule has 4 nitrogen and oxygen atoms in total. The quantitative estimate of drug-likeness (QED) is 0.797. The van der Waals surface area contributed by atoms with Gasteiger partial charge in [0, 0.05) is 24.5 Å². The lowest BCUT2D eigenvalue weighted by Crippen LogP contribution is -2.54. The smallest absolute Gasteiger partial charge is 0.252 e. The normalized spacial score (nSPS) is 17.6. The van der Waals surface area contributed by atoms with Crippen LogP contribution in [0, 0.1) is 6.92 Å². The van der Waals surface area contributed by atoms with Crippen molar-refractivity contribution in [3.8, 4) is 0 Å². The van der Waals surface area contributed by atoms with Crippen molar-refractivity contribution in [2.24, 2.45) is 5.73 Å². The Hall–Kier alpha value is -1.42. The third-order valence-corrected chi connectivity index (χ3v) is 3.09. The lowest BCUT2D eigenvalue weighted by Gasteiger charge is -2.38. The molecular formula is C12H17N3O. The van der Waals surface area contributed by atoms with Crippen LogP contribution in [-0.4, -0.2) is 23.0 Å². The summed E-state index contributed by atoms with van der Waals surface area (Å²) in [4.78, 5) is 15.8. The first kappa shape index (κ1) is 11.1. The number of aromatic nitrogens is 1. The second-order valence-corrected chi connectivity index (χ2v) is 4.65. The van der Waals surface area contributed by atoms with E-state index in [4.69, 9.17) is 5.73 Å². The fraction of sp³-hybridized carbons (Fsp3) is 0.500. The Bertz CT molecular complexity index is 399. The Morgan fingerprint density at radius 1 is 1.56 bits per heavy atom. The van der Waals surface area contributed by atoms with Gasteiger partial charge in [0.1, 0.15) is 0 Å². The molecular weight excluding hydrogens is 202 g/mol. The monoisotopic (exact) mass is 219 g/mol. The van der Waals surface area contributed by atoms with Crippen LogP contribution >= 0.6 is 0 Å². The summed E-state index contributed by atoms with van der Waals surface area (Å²) >= 11 is 0. The predicted molar refractivity (Wildman–Crippen MR) is 62.1 cm³/mol. The van der Waals surface area contributed by atoms with E-state index >= 15 is 0 Å². The van der Waals surface area contributed by atoms with Gasteiger partial charge in [0.05, 0.1) is 5.56 Å². The average molecular weight is 219 g/mol.